The van der Waals surface area contributed by atoms with Gasteiger partial charge in [0.1, 0.15) is 5.54 Å². The molecule has 0 spiro atoms. The van der Waals surface area contributed by atoms with Crippen molar-refractivity contribution in [3.05, 3.63) is 30.1 Å². The number of amides is 1. The van der Waals surface area contributed by atoms with Crippen molar-refractivity contribution in [1.29, 1.82) is 0 Å². The summed E-state index contributed by atoms with van der Waals surface area (Å²) in [6.45, 7) is 8.30. The molecule has 26 heavy (non-hydrogen) atoms. The van der Waals surface area contributed by atoms with Crippen LogP contribution >= 0.6 is 12.4 Å². The summed E-state index contributed by atoms with van der Waals surface area (Å²) in [5.74, 6) is 0.456. The Hall–Kier alpha value is -2.03. The van der Waals surface area contributed by atoms with E-state index >= 15 is 0 Å². The van der Waals surface area contributed by atoms with Gasteiger partial charge in [-0.25, -0.2) is 0 Å². The number of nitrogens with one attached hydrogen (secondary N) is 1. The molecule has 1 amide bonds. The number of ether oxygens (including phenoxy) is 1. The van der Waals surface area contributed by atoms with E-state index in [1.165, 1.54) is 0 Å². The maximum atomic E-state index is 12.8. The molecule has 3 rings (SSSR count). The smallest absolute Gasteiger partial charge is 0.245 e. The third kappa shape index (κ3) is 3.20. The van der Waals surface area contributed by atoms with Crippen LogP contribution in [-0.4, -0.2) is 44.4 Å². The first-order valence-corrected chi connectivity index (χ1v) is 8.37. The lowest BCUT2D eigenvalue weighted by Crippen LogP contribution is -2.74. The van der Waals surface area contributed by atoms with Crippen LogP contribution in [0.4, 0.5) is 5.69 Å². The number of nitrogens with two attached hydrogens (primary N) is 1. The number of carbonyl (C=O) groups excluding carboxylic acids is 1. The fraction of sp³-hybridized carbons (Fsp3) is 0.529. The lowest BCUT2D eigenvalue weighted by atomic mass is 9.54. The van der Waals surface area contributed by atoms with Crippen molar-refractivity contribution in [2.75, 3.05) is 11.9 Å². The van der Waals surface area contributed by atoms with Gasteiger partial charge in [-0.2, -0.15) is 4.68 Å². The number of carbonyl (C=O) groups is 1. The van der Waals surface area contributed by atoms with E-state index < -0.39 is 11.0 Å². The van der Waals surface area contributed by atoms with E-state index in [1.54, 1.807) is 4.68 Å². The number of tetrazole rings is 1. The number of anilines is 1. The number of aromatic nitrogens is 4. The van der Waals surface area contributed by atoms with Crippen LogP contribution in [0.2, 0.25) is 0 Å². The van der Waals surface area contributed by atoms with E-state index in [0.29, 0.717) is 24.5 Å². The first-order valence-electron chi connectivity index (χ1n) is 8.37. The van der Waals surface area contributed by atoms with Gasteiger partial charge in [0.2, 0.25) is 5.91 Å². The van der Waals surface area contributed by atoms with Gasteiger partial charge in [-0.15, -0.1) is 17.5 Å². The molecule has 1 fully saturated rings. The zero-order valence-electron chi connectivity index (χ0n) is 15.4. The summed E-state index contributed by atoms with van der Waals surface area (Å²) in [5.41, 5.74) is 6.44. The van der Waals surface area contributed by atoms with E-state index in [0.717, 1.165) is 5.69 Å². The Kier molecular flexibility index (Phi) is 5.70. The Morgan fingerprint density at radius 3 is 2.77 bits per heavy atom. The van der Waals surface area contributed by atoms with Gasteiger partial charge in [-0.3, -0.25) is 4.79 Å². The molecule has 1 saturated carbocycles. The molecule has 1 aliphatic carbocycles. The summed E-state index contributed by atoms with van der Waals surface area (Å²) in [5, 5.41) is 14.4. The lowest BCUT2D eigenvalue weighted by molar-refractivity contribution is -0.166. The SMILES string of the molecule is CCOC1CC(N)(C(=O)Nc2cccc(-n3nnnc3C)c2)C1(C)C.Cl. The first-order chi connectivity index (χ1) is 11.8. The summed E-state index contributed by atoms with van der Waals surface area (Å²) < 4.78 is 7.29. The Labute approximate surface area is 158 Å². The van der Waals surface area contributed by atoms with Gasteiger partial charge in [-0.1, -0.05) is 19.9 Å². The molecule has 9 heteroatoms. The minimum atomic E-state index is -0.965. The number of aryl methyl sites for hydroxylation is 1. The summed E-state index contributed by atoms with van der Waals surface area (Å²) in [4.78, 5) is 12.8. The second-order valence-electron chi connectivity index (χ2n) is 6.98. The molecule has 1 heterocycles. The minimum Gasteiger partial charge on any atom is -0.378 e. The van der Waals surface area contributed by atoms with Crippen LogP contribution in [0.3, 0.4) is 0 Å². The number of hydrogen-bond acceptors (Lipinski definition) is 6. The van der Waals surface area contributed by atoms with E-state index in [1.807, 2.05) is 52.0 Å². The van der Waals surface area contributed by atoms with Crippen LogP contribution in [0.15, 0.2) is 24.3 Å². The quantitative estimate of drug-likeness (QED) is 0.819. The molecule has 0 radical (unpaired) electrons. The fourth-order valence-electron chi connectivity index (χ4n) is 3.25. The molecule has 2 atom stereocenters. The highest BCUT2D eigenvalue weighted by atomic mass is 35.5. The first kappa shape index (κ1) is 20.3. The molecule has 0 bridgehead atoms. The maximum Gasteiger partial charge on any atom is 0.245 e. The number of halogens is 1. The van der Waals surface area contributed by atoms with Crippen LogP contribution in [0, 0.1) is 12.3 Å². The summed E-state index contributed by atoms with van der Waals surface area (Å²) in [7, 11) is 0. The zero-order valence-corrected chi connectivity index (χ0v) is 16.2. The average molecular weight is 381 g/mol. The van der Waals surface area contributed by atoms with Crippen molar-refractivity contribution in [2.24, 2.45) is 11.1 Å². The van der Waals surface area contributed by atoms with Crippen molar-refractivity contribution in [3.63, 3.8) is 0 Å². The predicted octanol–water partition coefficient (Wildman–Crippen LogP) is 1.86. The van der Waals surface area contributed by atoms with E-state index in [-0.39, 0.29) is 24.4 Å². The molecular weight excluding hydrogens is 356 g/mol. The predicted molar refractivity (Wildman–Crippen MR) is 100 cm³/mol. The second kappa shape index (κ2) is 7.30. The number of nitrogens with zero attached hydrogens (tertiary/aromatic N) is 4. The van der Waals surface area contributed by atoms with Crippen molar-refractivity contribution in [3.8, 4) is 5.69 Å². The standard InChI is InChI=1S/C17H24N6O2.ClH/c1-5-25-14-10-17(18,16(14,3)4)15(24)19-12-7-6-8-13(9-12)23-11(2)20-21-22-23;/h6-9,14H,5,10,18H2,1-4H3,(H,19,24);1H. The summed E-state index contributed by atoms with van der Waals surface area (Å²) in [6.07, 6.45) is 0.495. The van der Waals surface area contributed by atoms with Gasteiger partial charge < -0.3 is 15.8 Å². The normalized spacial score (nSPS) is 23.7. The molecule has 0 aliphatic heterocycles. The van der Waals surface area contributed by atoms with Crippen LogP contribution in [0.1, 0.15) is 33.0 Å². The van der Waals surface area contributed by atoms with Crippen molar-refractivity contribution in [2.45, 2.75) is 45.8 Å². The monoisotopic (exact) mass is 380 g/mol. The largest absolute Gasteiger partial charge is 0.378 e. The van der Waals surface area contributed by atoms with Crippen LogP contribution < -0.4 is 11.1 Å². The molecule has 142 valence electrons. The fourth-order valence-corrected chi connectivity index (χ4v) is 3.25. The Morgan fingerprint density at radius 2 is 2.19 bits per heavy atom. The van der Waals surface area contributed by atoms with Gasteiger partial charge in [-0.05, 0) is 42.5 Å². The highest BCUT2D eigenvalue weighted by molar-refractivity contribution is 6.00. The van der Waals surface area contributed by atoms with Gasteiger partial charge >= 0.3 is 0 Å². The molecule has 1 aromatic heterocycles. The molecule has 3 N–H and O–H groups in total. The lowest BCUT2D eigenvalue weighted by Gasteiger charge is -2.57. The Balaban J connectivity index is 0.00000243. The molecule has 0 saturated heterocycles. The number of hydrogen-bond donors (Lipinski definition) is 2. The van der Waals surface area contributed by atoms with Gasteiger partial charge in [0.05, 0.1) is 11.8 Å². The average Bonchev–Trinajstić information content (AvgIpc) is 3.00. The molecular formula is C17H25ClN6O2. The van der Waals surface area contributed by atoms with Crippen LogP contribution in [0.5, 0.6) is 0 Å². The van der Waals surface area contributed by atoms with E-state index in [2.05, 4.69) is 20.8 Å². The van der Waals surface area contributed by atoms with E-state index in [9.17, 15) is 4.79 Å². The Bertz CT molecular complexity index is 793. The van der Waals surface area contributed by atoms with Crippen LogP contribution in [0.25, 0.3) is 5.69 Å². The number of rotatable bonds is 5. The zero-order chi connectivity index (χ0) is 18.2. The molecule has 2 aromatic rings. The summed E-state index contributed by atoms with van der Waals surface area (Å²) >= 11 is 0. The summed E-state index contributed by atoms with van der Waals surface area (Å²) in [6, 6.07) is 7.34. The van der Waals surface area contributed by atoms with E-state index in [4.69, 9.17) is 10.5 Å². The second-order valence-corrected chi connectivity index (χ2v) is 6.98. The third-order valence-electron chi connectivity index (χ3n) is 5.21. The van der Waals surface area contributed by atoms with Gasteiger partial charge in [0, 0.05) is 24.1 Å². The Morgan fingerprint density at radius 1 is 1.46 bits per heavy atom. The van der Waals surface area contributed by atoms with Crippen molar-refractivity contribution in [1.82, 2.24) is 20.2 Å². The molecule has 1 aromatic carbocycles. The highest BCUT2D eigenvalue weighted by Crippen LogP contribution is 2.50. The van der Waals surface area contributed by atoms with Gasteiger partial charge in [0.25, 0.3) is 0 Å². The molecule has 1 aliphatic rings. The molecule has 8 nitrogen and oxygen atoms in total. The topological polar surface area (TPSA) is 108 Å². The van der Waals surface area contributed by atoms with Crippen LogP contribution in [-0.2, 0) is 9.53 Å². The number of benzene rings is 1. The third-order valence-corrected chi connectivity index (χ3v) is 5.21. The van der Waals surface area contributed by atoms with Crippen molar-refractivity contribution < 1.29 is 9.53 Å². The van der Waals surface area contributed by atoms with Gasteiger partial charge in [0.15, 0.2) is 5.82 Å². The highest BCUT2D eigenvalue weighted by Gasteiger charge is 2.62. The van der Waals surface area contributed by atoms with Crippen molar-refractivity contribution >= 4 is 24.0 Å². The maximum absolute atomic E-state index is 12.8. The minimum absolute atomic E-state index is 0. The molecule has 2 unspecified atom stereocenters.